The lowest BCUT2D eigenvalue weighted by Gasteiger charge is -2.10. The normalized spacial score (nSPS) is 11.3. The SMILES string of the molecule is C=C(NCC(C)C)c1n[nH]c2ccc(-c3cnn(C)c3)cc12. The largest absolute Gasteiger partial charge is 0.383 e. The summed E-state index contributed by atoms with van der Waals surface area (Å²) >= 11 is 0. The summed E-state index contributed by atoms with van der Waals surface area (Å²) < 4.78 is 1.80. The third-order valence-corrected chi connectivity index (χ3v) is 3.61. The fourth-order valence-corrected chi connectivity index (χ4v) is 2.40. The van der Waals surface area contributed by atoms with Crippen molar-refractivity contribution in [1.82, 2.24) is 25.3 Å². The molecule has 3 rings (SSSR count). The molecule has 2 aromatic heterocycles. The van der Waals surface area contributed by atoms with Gasteiger partial charge in [0.05, 0.1) is 17.4 Å². The summed E-state index contributed by atoms with van der Waals surface area (Å²) in [5, 5.41) is 16.1. The summed E-state index contributed by atoms with van der Waals surface area (Å²) in [6.45, 7) is 9.34. The Labute approximate surface area is 130 Å². The third kappa shape index (κ3) is 2.74. The molecule has 0 spiro atoms. The molecule has 2 N–H and O–H groups in total. The molecule has 2 heterocycles. The van der Waals surface area contributed by atoms with Gasteiger partial charge in [-0.1, -0.05) is 26.5 Å². The molecule has 0 atom stereocenters. The van der Waals surface area contributed by atoms with Gasteiger partial charge >= 0.3 is 0 Å². The maximum atomic E-state index is 4.41. The quantitative estimate of drug-likeness (QED) is 0.760. The van der Waals surface area contributed by atoms with Crippen molar-refractivity contribution in [1.29, 1.82) is 0 Å². The van der Waals surface area contributed by atoms with E-state index >= 15 is 0 Å². The predicted molar refractivity (Wildman–Crippen MR) is 90.2 cm³/mol. The molecule has 0 amide bonds. The van der Waals surface area contributed by atoms with Gasteiger partial charge in [0, 0.05) is 30.7 Å². The maximum Gasteiger partial charge on any atom is 0.115 e. The van der Waals surface area contributed by atoms with Gasteiger partial charge in [-0.05, 0) is 23.6 Å². The number of nitrogens with zero attached hydrogens (tertiary/aromatic N) is 3. The minimum Gasteiger partial charge on any atom is -0.383 e. The Morgan fingerprint density at radius 3 is 2.86 bits per heavy atom. The molecular weight excluding hydrogens is 274 g/mol. The van der Waals surface area contributed by atoms with Crippen LogP contribution in [0.1, 0.15) is 19.5 Å². The van der Waals surface area contributed by atoms with Crippen molar-refractivity contribution in [2.45, 2.75) is 13.8 Å². The van der Waals surface area contributed by atoms with E-state index in [1.807, 2.05) is 25.5 Å². The highest BCUT2D eigenvalue weighted by atomic mass is 15.2. The predicted octanol–water partition coefficient (Wildman–Crippen LogP) is 3.18. The zero-order valence-electron chi connectivity index (χ0n) is 13.2. The number of rotatable bonds is 5. The monoisotopic (exact) mass is 295 g/mol. The van der Waals surface area contributed by atoms with Gasteiger partial charge in [0.1, 0.15) is 5.69 Å². The Hall–Kier alpha value is -2.56. The molecule has 0 fully saturated rings. The molecule has 0 saturated heterocycles. The molecule has 0 radical (unpaired) electrons. The van der Waals surface area contributed by atoms with E-state index < -0.39 is 0 Å². The number of benzene rings is 1. The Morgan fingerprint density at radius 1 is 1.36 bits per heavy atom. The summed E-state index contributed by atoms with van der Waals surface area (Å²) in [4.78, 5) is 0. The fourth-order valence-electron chi connectivity index (χ4n) is 2.40. The van der Waals surface area contributed by atoms with E-state index in [1.54, 1.807) is 4.68 Å². The Bertz CT molecular complexity index is 809. The summed E-state index contributed by atoms with van der Waals surface area (Å²) in [5.41, 5.74) is 4.96. The maximum absolute atomic E-state index is 4.41. The Balaban J connectivity index is 1.96. The Morgan fingerprint density at radius 2 is 2.18 bits per heavy atom. The number of hydrogen-bond donors (Lipinski definition) is 2. The van der Waals surface area contributed by atoms with E-state index in [0.717, 1.165) is 40.0 Å². The molecular formula is C17H21N5. The summed E-state index contributed by atoms with van der Waals surface area (Å²) in [5.74, 6) is 0.563. The van der Waals surface area contributed by atoms with Gasteiger partial charge in [-0.3, -0.25) is 9.78 Å². The van der Waals surface area contributed by atoms with E-state index in [4.69, 9.17) is 0 Å². The zero-order valence-corrected chi connectivity index (χ0v) is 13.2. The standard InChI is InChI=1S/C17H21N5/c1-11(2)8-18-12(3)17-15-7-13(5-6-16(15)20-21-17)14-9-19-22(4)10-14/h5-7,9-11,18H,3,8H2,1-2,4H3,(H,20,21). The van der Waals surface area contributed by atoms with Crippen molar-refractivity contribution in [3.8, 4) is 11.1 Å². The highest BCUT2D eigenvalue weighted by Crippen LogP contribution is 2.27. The minimum absolute atomic E-state index is 0.563. The van der Waals surface area contributed by atoms with Crippen LogP contribution in [0.4, 0.5) is 0 Å². The van der Waals surface area contributed by atoms with Crippen molar-refractivity contribution in [3.63, 3.8) is 0 Å². The van der Waals surface area contributed by atoms with Crippen LogP contribution in [0.3, 0.4) is 0 Å². The molecule has 5 nitrogen and oxygen atoms in total. The number of fused-ring (bicyclic) bond motifs is 1. The highest BCUT2D eigenvalue weighted by Gasteiger charge is 2.11. The first-order valence-corrected chi connectivity index (χ1v) is 7.45. The lowest BCUT2D eigenvalue weighted by molar-refractivity contribution is 0.617. The van der Waals surface area contributed by atoms with Crippen LogP contribution in [0.5, 0.6) is 0 Å². The van der Waals surface area contributed by atoms with Gasteiger partial charge in [-0.15, -0.1) is 0 Å². The minimum atomic E-state index is 0.563. The number of hydrogen-bond acceptors (Lipinski definition) is 3. The van der Waals surface area contributed by atoms with E-state index in [-0.39, 0.29) is 0 Å². The van der Waals surface area contributed by atoms with E-state index in [0.29, 0.717) is 5.92 Å². The molecule has 1 aromatic carbocycles. The van der Waals surface area contributed by atoms with Crippen LogP contribution in [-0.4, -0.2) is 26.5 Å². The van der Waals surface area contributed by atoms with Crippen LogP contribution in [0.2, 0.25) is 0 Å². The van der Waals surface area contributed by atoms with Crippen LogP contribution >= 0.6 is 0 Å². The first kappa shape index (κ1) is 14.4. The lowest BCUT2D eigenvalue weighted by Crippen LogP contribution is -2.17. The van der Waals surface area contributed by atoms with Crippen LogP contribution in [0.15, 0.2) is 37.2 Å². The van der Waals surface area contributed by atoms with Crippen molar-refractivity contribution in [2.75, 3.05) is 6.54 Å². The van der Waals surface area contributed by atoms with Crippen molar-refractivity contribution in [2.24, 2.45) is 13.0 Å². The molecule has 0 unspecified atom stereocenters. The number of nitrogens with one attached hydrogen (secondary N) is 2. The second kappa shape index (κ2) is 5.67. The summed E-state index contributed by atoms with van der Waals surface area (Å²) in [6, 6.07) is 6.25. The van der Waals surface area contributed by atoms with Gasteiger partial charge in [0.15, 0.2) is 0 Å². The van der Waals surface area contributed by atoms with Crippen LogP contribution < -0.4 is 5.32 Å². The smallest absolute Gasteiger partial charge is 0.115 e. The molecule has 5 heteroatoms. The zero-order chi connectivity index (χ0) is 15.7. The average molecular weight is 295 g/mol. The molecule has 0 aliphatic rings. The molecule has 22 heavy (non-hydrogen) atoms. The van der Waals surface area contributed by atoms with Gasteiger partial charge < -0.3 is 5.32 Å². The Kier molecular flexibility index (Phi) is 3.71. The number of aromatic amines is 1. The fraction of sp³-hybridized carbons (Fsp3) is 0.294. The molecule has 0 bridgehead atoms. The van der Waals surface area contributed by atoms with Gasteiger partial charge in [-0.25, -0.2) is 0 Å². The summed E-state index contributed by atoms with van der Waals surface area (Å²) in [6.07, 6.45) is 3.87. The van der Waals surface area contributed by atoms with E-state index in [1.165, 1.54) is 0 Å². The van der Waals surface area contributed by atoms with Gasteiger partial charge in [-0.2, -0.15) is 10.2 Å². The second-order valence-electron chi connectivity index (χ2n) is 5.99. The van der Waals surface area contributed by atoms with Crippen molar-refractivity contribution < 1.29 is 0 Å². The van der Waals surface area contributed by atoms with Crippen LogP contribution in [0, 0.1) is 5.92 Å². The number of H-pyrrole nitrogens is 1. The first-order chi connectivity index (χ1) is 10.5. The lowest BCUT2D eigenvalue weighted by atomic mass is 10.1. The third-order valence-electron chi connectivity index (χ3n) is 3.61. The van der Waals surface area contributed by atoms with Gasteiger partial charge in [0.25, 0.3) is 0 Å². The number of aromatic nitrogens is 4. The van der Waals surface area contributed by atoms with Crippen LogP contribution in [0.25, 0.3) is 27.7 Å². The first-order valence-electron chi connectivity index (χ1n) is 7.45. The second-order valence-corrected chi connectivity index (χ2v) is 5.99. The average Bonchev–Trinajstić information content (AvgIpc) is 3.10. The topological polar surface area (TPSA) is 58.5 Å². The van der Waals surface area contributed by atoms with Crippen LogP contribution in [-0.2, 0) is 7.05 Å². The van der Waals surface area contributed by atoms with Crippen molar-refractivity contribution >= 4 is 16.6 Å². The molecule has 0 saturated carbocycles. The molecule has 0 aliphatic heterocycles. The van der Waals surface area contributed by atoms with E-state index in [9.17, 15) is 0 Å². The van der Waals surface area contributed by atoms with Gasteiger partial charge in [0.2, 0.25) is 0 Å². The number of aryl methyl sites for hydroxylation is 1. The van der Waals surface area contributed by atoms with E-state index in [2.05, 4.69) is 53.2 Å². The molecule has 0 aliphatic carbocycles. The molecule has 3 aromatic rings. The molecule has 114 valence electrons. The highest BCUT2D eigenvalue weighted by molar-refractivity contribution is 5.92. The summed E-state index contributed by atoms with van der Waals surface area (Å²) in [7, 11) is 1.92. The van der Waals surface area contributed by atoms with Crippen molar-refractivity contribution in [3.05, 3.63) is 42.9 Å².